The van der Waals surface area contributed by atoms with Gasteiger partial charge in [0, 0.05) is 17.4 Å². The molecule has 1 saturated heterocycles. The molecule has 0 bridgehead atoms. The largest absolute Gasteiger partial charge is 0.316 e. The lowest BCUT2D eigenvalue weighted by molar-refractivity contribution is -0.385. The van der Waals surface area contributed by atoms with E-state index < -0.39 is 0 Å². The Hall–Kier alpha value is -1.07. The summed E-state index contributed by atoms with van der Waals surface area (Å²) in [6.07, 6.45) is 0. The van der Waals surface area contributed by atoms with Gasteiger partial charge in [0.1, 0.15) is 0 Å². The van der Waals surface area contributed by atoms with Gasteiger partial charge in [0.2, 0.25) is 0 Å². The third-order valence-corrected chi connectivity index (χ3v) is 3.89. The van der Waals surface area contributed by atoms with Crippen LogP contribution in [0.4, 0.5) is 5.69 Å². The van der Waals surface area contributed by atoms with Crippen molar-refractivity contribution in [2.45, 2.75) is 5.75 Å². The van der Waals surface area contributed by atoms with Crippen molar-refractivity contribution in [3.63, 3.8) is 0 Å². The minimum Gasteiger partial charge on any atom is -0.316 e. The zero-order valence-electron chi connectivity index (χ0n) is 8.89. The number of hydrogen-bond donors (Lipinski definition) is 1. The number of nitrogens with one attached hydrogen (secondary N) is 1. The minimum absolute atomic E-state index is 0.238. The van der Waals surface area contributed by atoms with Crippen LogP contribution in [-0.4, -0.2) is 23.8 Å². The van der Waals surface area contributed by atoms with E-state index in [9.17, 15) is 10.1 Å². The van der Waals surface area contributed by atoms with Crippen LogP contribution in [0.25, 0.3) is 0 Å². The van der Waals surface area contributed by atoms with Crippen molar-refractivity contribution in [2.24, 2.45) is 5.92 Å². The maximum atomic E-state index is 10.8. The third kappa shape index (κ3) is 2.74. The maximum absolute atomic E-state index is 10.8. The van der Waals surface area contributed by atoms with E-state index in [1.165, 1.54) is 0 Å². The number of nitro groups is 1. The Morgan fingerprint density at radius 1 is 1.44 bits per heavy atom. The zero-order valence-corrected chi connectivity index (χ0v) is 9.70. The number of para-hydroxylation sites is 1. The summed E-state index contributed by atoms with van der Waals surface area (Å²) in [5, 5.41) is 14.0. The zero-order chi connectivity index (χ0) is 11.4. The van der Waals surface area contributed by atoms with Crippen LogP contribution in [0, 0.1) is 16.0 Å². The van der Waals surface area contributed by atoms with Gasteiger partial charge >= 0.3 is 0 Å². The van der Waals surface area contributed by atoms with E-state index in [0.717, 1.165) is 36.1 Å². The molecule has 86 valence electrons. The van der Waals surface area contributed by atoms with Crippen LogP contribution in [0.1, 0.15) is 5.56 Å². The molecule has 2 rings (SSSR count). The first-order valence-electron chi connectivity index (χ1n) is 5.28. The highest BCUT2D eigenvalue weighted by molar-refractivity contribution is 7.98. The smallest absolute Gasteiger partial charge is 0.273 e. The third-order valence-electron chi connectivity index (χ3n) is 2.67. The number of rotatable bonds is 5. The Kier molecular flexibility index (Phi) is 3.79. The second kappa shape index (κ2) is 5.32. The summed E-state index contributed by atoms with van der Waals surface area (Å²) in [4.78, 5) is 10.5. The molecule has 16 heavy (non-hydrogen) atoms. The number of hydrogen-bond acceptors (Lipinski definition) is 4. The molecule has 0 aliphatic carbocycles. The van der Waals surface area contributed by atoms with Crippen molar-refractivity contribution >= 4 is 17.4 Å². The fourth-order valence-electron chi connectivity index (χ4n) is 1.61. The Morgan fingerprint density at radius 3 is 2.81 bits per heavy atom. The van der Waals surface area contributed by atoms with E-state index in [2.05, 4.69) is 5.32 Å². The van der Waals surface area contributed by atoms with E-state index >= 15 is 0 Å². The van der Waals surface area contributed by atoms with Gasteiger partial charge in [-0.2, -0.15) is 11.8 Å². The molecule has 0 amide bonds. The molecule has 0 unspecified atom stereocenters. The standard InChI is InChI=1S/C11H14N2O2S/c14-13(15)11-4-2-1-3-10(11)8-16-7-9-5-12-6-9/h1-4,9,12H,5-8H2. The van der Waals surface area contributed by atoms with Gasteiger partial charge in [0.05, 0.1) is 4.92 Å². The number of thioether (sulfide) groups is 1. The highest BCUT2D eigenvalue weighted by Crippen LogP contribution is 2.24. The van der Waals surface area contributed by atoms with Crippen molar-refractivity contribution in [2.75, 3.05) is 18.8 Å². The van der Waals surface area contributed by atoms with E-state index in [1.807, 2.05) is 12.1 Å². The van der Waals surface area contributed by atoms with Crippen LogP contribution in [0.5, 0.6) is 0 Å². The molecule has 1 aliphatic heterocycles. The summed E-state index contributed by atoms with van der Waals surface area (Å²) in [5.74, 6) is 2.56. The van der Waals surface area contributed by atoms with Gasteiger partial charge in [0.15, 0.2) is 0 Å². The van der Waals surface area contributed by atoms with Crippen molar-refractivity contribution in [3.05, 3.63) is 39.9 Å². The van der Waals surface area contributed by atoms with Crippen LogP contribution in [0.2, 0.25) is 0 Å². The van der Waals surface area contributed by atoms with Gasteiger partial charge in [-0.1, -0.05) is 18.2 Å². The Balaban J connectivity index is 1.89. The van der Waals surface area contributed by atoms with E-state index in [-0.39, 0.29) is 10.6 Å². The van der Waals surface area contributed by atoms with Gasteiger partial charge in [-0.25, -0.2) is 0 Å². The molecule has 1 heterocycles. The highest BCUT2D eigenvalue weighted by Gasteiger charge is 2.17. The second-order valence-electron chi connectivity index (χ2n) is 3.93. The first-order chi connectivity index (χ1) is 7.77. The first-order valence-corrected chi connectivity index (χ1v) is 6.43. The van der Waals surface area contributed by atoms with Crippen molar-refractivity contribution in [1.82, 2.24) is 5.32 Å². The first kappa shape index (κ1) is 11.4. The van der Waals surface area contributed by atoms with Crippen molar-refractivity contribution in [3.8, 4) is 0 Å². The lowest BCUT2D eigenvalue weighted by atomic mass is 10.1. The Morgan fingerprint density at radius 2 is 2.19 bits per heavy atom. The number of nitro benzene ring substituents is 1. The van der Waals surface area contributed by atoms with Gasteiger partial charge in [0.25, 0.3) is 5.69 Å². The van der Waals surface area contributed by atoms with Gasteiger partial charge < -0.3 is 5.32 Å². The molecule has 1 N–H and O–H groups in total. The molecular formula is C11H14N2O2S. The van der Waals surface area contributed by atoms with Crippen LogP contribution in [0.3, 0.4) is 0 Å². The normalized spacial score (nSPS) is 15.8. The van der Waals surface area contributed by atoms with Crippen molar-refractivity contribution in [1.29, 1.82) is 0 Å². The predicted octanol–water partition coefficient (Wildman–Crippen LogP) is 2.05. The molecule has 1 fully saturated rings. The summed E-state index contributed by atoms with van der Waals surface area (Å²) in [5.41, 5.74) is 1.06. The predicted molar refractivity (Wildman–Crippen MR) is 65.6 cm³/mol. The van der Waals surface area contributed by atoms with E-state index in [1.54, 1.807) is 23.9 Å². The molecule has 0 saturated carbocycles. The quantitative estimate of drug-likeness (QED) is 0.630. The maximum Gasteiger partial charge on any atom is 0.273 e. The lowest BCUT2D eigenvalue weighted by Crippen LogP contribution is -2.43. The molecule has 0 aromatic heterocycles. The lowest BCUT2D eigenvalue weighted by Gasteiger charge is -2.26. The molecule has 1 aliphatic rings. The average Bonchev–Trinajstić information content (AvgIpc) is 2.22. The van der Waals surface area contributed by atoms with Crippen LogP contribution in [-0.2, 0) is 5.75 Å². The minimum atomic E-state index is -0.305. The molecule has 0 spiro atoms. The topological polar surface area (TPSA) is 55.2 Å². The Labute approximate surface area is 98.6 Å². The van der Waals surface area contributed by atoms with Crippen LogP contribution >= 0.6 is 11.8 Å². The number of benzene rings is 1. The second-order valence-corrected chi connectivity index (χ2v) is 4.96. The van der Waals surface area contributed by atoms with Gasteiger partial charge in [-0.15, -0.1) is 0 Å². The summed E-state index contributed by atoms with van der Waals surface area (Å²) < 4.78 is 0. The molecule has 0 radical (unpaired) electrons. The van der Waals surface area contributed by atoms with Crippen molar-refractivity contribution < 1.29 is 4.92 Å². The SMILES string of the molecule is O=[N+]([O-])c1ccccc1CSCC1CNC1. The fourth-order valence-corrected chi connectivity index (χ4v) is 2.76. The summed E-state index contributed by atoms with van der Waals surface area (Å²) in [7, 11) is 0. The van der Waals surface area contributed by atoms with Crippen LogP contribution in [0.15, 0.2) is 24.3 Å². The summed E-state index contributed by atoms with van der Waals surface area (Å²) in [6.45, 7) is 2.17. The molecular weight excluding hydrogens is 224 g/mol. The number of nitrogens with zero attached hydrogens (tertiary/aromatic N) is 1. The van der Waals surface area contributed by atoms with E-state index in [4.69, 9.17) is 0 Å². The summed E-state index contributed by atoms with van der Waals surface area (Å²) in [6, 6.07) is 6.97. The molecule has 4 nitrogen and oxygen atoms in total. The van der Waals surface area contributed by atoms with Gasteiger partial charge in [-0.05, 0) is 24.8 Å². The Bertz CT molecular complexity index is 380. The average molecular weight is 238 g/mol. The summed E-state index contributed by atoms with van der Waals surface area (Å²) >= 11 is 1.78. The highest BCUT2D eigenvalue weighted by atomic mass is 32.2. The van der Waals surface area contributed by atoms with E-state index in [0.29, 0.717) is 0 Å². The molecule has 1 aromatic rings. The van der Waals surface area contributed by atoms with Gasteiger partial charge in [-0.3, -0.25) is 10.1 Å². The fraction of sp³-hybridized carbons (Fsp3) is 0.455. The monoisotopic (exact) mass is 238 g/mol. The van der Waals surface area contributed by atoms with Crippen LogP contribution < -0.4 is 5.32 Å². The molecule has 1 aromatic carbocycles. The molecule has 5 heteroatoms. The molecule has 0 atom stereocenters.